The van der Waals surface area contributed by atoms with E-state index < -0.39 is 5.60 Å². The summed E-state index contributed by atoms with van der Waals surface area (Å²) in [6.07, 6.45) is 5.43. The lowest BCUT2D eigenvalue weighted by atomic mass is 9.90. The van der Waals surface area contributed by atoms with Gasteiger partial charge in [-0.05, 0) is 69.6 Å². The highest BCUT2D eigenvalue weighted by molar-refractivity contribution is 8.22. The van der Waals surface area contributed by atoms with E-state index in [1.807, 2.05) is 39.3 Å². The van der Waals surface area contributed by atoms with E-state index in [-0.39, 0.29) is 6.09 Å². The van der Waals surface area contributed by atoms with E-state index in [1.54, 1.807) is 4.90 Å². The molecule has 2 heterocycles. The summed E-state index contributed by atoms with van der Waals surface area (Å²) in [6, 6.07) is 4.08. The van der Waals surface area contributed by atoms with Crippen molar-refractivity contribution in [2.45, 2.75) is 51.7 Å². The van der Waals surface area contributed by atoms with E-state index in [2.05, 4.69) is 11.1 Å². The maximum absolute atomic E-state index is 12.1. The molecule has 1 aromatic heterocycles. The van der Waals surface area contributed by atoms with Crippen molar-refractivity contribution in [2.24, 2.45) is 0 Å². The molecule has 2 rings (SSSR count). The molecule has 1 aliphatic rings. The number of carbonyl (C=O) groups is 1. The minimum Gasteiger partial charge on any atom is -0.472 e. The number of pyridine rings is 1. The summed E-state index contributed by atoms with van der Waals surface area (Å²) in [7, 11) is 0. The predicted molar refractivity (Wildman–Crippen MR) is 105 cm³/mol. The van der Waals surface area contributed by atoms with Crippen LogP contribution in [-0.2, 0) is 16.1 Å². The largest absolute Gasteiger partial charge is 0.472 e. The van der Waals surface area contributed by atoms with Gasteiger partial charge in [-0.1, -0.05) is 17.8 Å². The van der Waals surface area contributed by atoms with Crippen LogP contribution in [0.1, 0.15) is 50.8 Å². The molecule has 7 heteroatoms. The van der Waals surface area contributed by atoms with Gasteiger partial charge in [0.1, 0.15) is 12.2 Å². The van der Waals surface area contributed by atoms with Crippen LogP contribution in [0.15, 0.2) is 18.3 Å². The molecule has 0 aliphatic carbocycles. The molecular formula is C18H26N2O3S2. The maximum atomic E-state index is 12.1. The second-order valence-electron chi connectivity index (χ2n) is 7.07. The number of thioether (sulfide) groups is 1. The molecule has 1 fully saturated rings. The minimum atomic E-state index is -0.450. The van der Waals surface area contributed by atoms with Crippen LogP contribution >= 0.6 is 24.0 Å². The molecule has 0 unspecified atom stereocenters. The zero-order chi connectivity index (χ0) is 18.4. The Kier molecular flexibility index (Phi) is 7.07. The number of piperidine rings is 1. The molecular weight excluding hydrogens is 356 g/mol. The Bertz CT molecular complexity index is 591. The molecule has 0 saturated carbocycles. The summed E-state index contributed by atoms with van der Waals surface area (Å²) in [5.74, 6) is 0.424. The van der Waals surface area contributed by atoms with Crippen LogP contribution in [0.5, 0.6) is 0 Å². The van der Waals surface area contributed by atoms with Crippen LogP contribution in [0.3, 0.4) is 0 Å². The molecule has 1 aromatic rings. The molecule has 5 nitrogen and oxygen atoms in total. The first-order valence-electron chi connectivity index (χ1n) is 8.42. The molecule has 25 heavy (non-hydrogen) atoms. The lowest BCUT2D eigenvalue weighted by Gasteiger charge is -2.33. The molecule has 0 bridgehead atoms. The molecule has 138 valence electrons. The number of thiocarbonyl (C=S) groups is 1. The number of ether oxygens (including phenoxy) is 2. The van der Waals surface area contributed by atoms with Gasteiger partial charge in [-0.2, -0.15) is 0 Å². The Hall–Kier alpha value is -1.34. The number of hydrogen-bond acceptors (Lipinski definition) is 6. The molecule has 0 spiro atoms. The van der Waals surface area contributed by atoms with E-state index in [0.717, 1.165) is 18.5 Å². The number of aromatic nitrogens is 1. The van der Waals surface area contributed by atoms with Crippen LogP contribution in [0, 0.1) is 0 Å². The van der Waals surface area contributed by atoms with Gasteiger partial charge in [0.25, 0.3) is 0 Å². The van der Waals surface area contributed by atoms with Gasteiger partial charge in [0.2, 0.25) is 4.38 Å². The Morgan fingerprint density at radius 1 is 1.36 bits per heavy atom. The summed E-state index contributed by atoms with van der Waals surface area (Å²) in [5, 5.41) is 0. The van der Waals surface area contributed by atoms with Crippen LogP contribution < -0.4 is 0 Å². The van der Waals surface area contributed by atoms with Crippen molar-refractivity contribution in [1.82, 2.24) is 9.88 Å². The van der Waals surface area contributed by atoms with Gasteiger partial charge in [0.05, 0.1) is 5.69 Å². The van der Waals surface area contributed by atoms with Crippen molar-refractivity contribution >= 4 is 34.5 Å². The predicted octanol–water partition coefficient (Wildman–Crippen LogP) is 4.36. The summed E-state index contributed by atoms with van der Waals surface area (Å²) < 4.78 is 11.4. The van der Waals surface area contributed by atoms with Gasteiger partial charge in [-0.3, -0.25) is 4.98 Å². The van der Waals surface area contributed by atoms with Crippen LogP contribution in [0.25, 0.3) is 0 Å². The minimum absolute atomic E-state index is 0.221. The molecule has 0 aromatic carbocycles. The van der Waals surface area contributed by atoms with Gasteiger partial charge in [-0.15, -0.1) is 0 Å². The first-order valence-corrected chi connectivity index (χ1v) is 10.1. The van der Waals surface area contributed by atoms with Crippen LogP contribution in [0.4, 0.5) is 4.79 Å². The Morgan fingerprint density at radius 2 is 2.04 bits per heavy atom. The van der Waals surface area contributed by atoms with Crippen LogP contribution in [-0.4, -0.2) is 45.3 Å². The number of carbonyl (C=O) groups excluding carboxylic acids is 1. The first-order chi connectivity index (χ1) is 11.8. The highest BCUT2D eigenvalue weighted by Gasteiger charge is 2.27. The Labute approximate surface area is 159 Å². The lowest BCUT2D eigenvalue weighted by molar-refractivity contribution is 0.0205. The average molecular weight is 383 g/mol. The molecule has 0 atom stereocenters. The van der Waals surface area contributed by atoms with Gasteiger partial charge in [0.15, 0.2) is 0 Å². The number of likely N-dealkylation sites (tertiary alicyclic amines) is 1. The topological polar surface area (TPSA) is 51.7 Å². The van der Waals surface area contributed by atoms with Gasteiger partial charge < -0.3 is 14.4 Å². The van der Waals surface area contributed by atoms with E-state index >= 15 is 0 Å². The average Bonchev–Trinajstić information content (AvgIpc) is 2.59. The Balaban J connectivity index is 1.84. The van der Waals surface area contributed by atoms with Crippen molar-refractivity contribution in [3.8, 4) is 0 Å². The maximum Gasteiger partial charge on any atom is 0.410 e. The van der Waals surface area contributed by atoms with Gasteiger partial charge >= 0.3 is 6.09 Å². The van der Waals surface area contributed by atoms with Crippen molar-refractivity contribution in [3.05, 3.63) is 29.6 Å². The third-order valence-corrected chi connectivity index (χ3v) is 5.04. The van der Waals surface area contributed by atoms with Crippen molar-refractivity contribution < 1.29 is 14.3 Å². The normalized spacial score (nSPS) is 15.8. The summed E-state index contributed by atoms with van der Waals surface area (Å²) in [4.78, 5) is 18.4. The Morgan fingerprint density at radius 3 is 2.56 bits per heavy atom. The van der Waals surface area contributed by atoms with E-state index in [0.29, 0.717) is 30.0 Å². The summed E-state index contributed by atoms with van der Waals surface area (Å²) >= 11 is 6.43. The van der Waals surface area contributed by atoms with Gasteiger partial charge in [0, 0.05) is 19.3 Å². The fourth-order valence-corrected chi connectivity index (χ4v) is 2.91. The van der Waals surface area contributed by atoms with Crippen LogP contribution in [0.2, 0.25) is 0 Å². The molecule has 1 aliphatic heterocycles. The van der Waals surface area contributed by atoms with Crippen molar-refractivity contribution in [3.63, 3.8) is 0 Å². The number of hydrogen-bond donors (Lipinski definition) is 0. The highest BCUT2D eigenvalue weighted by Crippen LogP contribution is 2.28. The molecule has 1 saturated heterocycles. The number of rotatable bonds is 3. The summed E-state index contributed by atoms with van der Waals surface area (Å²) in [6.45, 7) is 7.50. The smallest absolute Gasteiger partial charge is 0.410 e. The van der Waals surface area contributed by atoms with E-state index in [9.17, 15) is 4.79 Å². The van der Waals surface area contributed by atoms with Gasteiger partial charge in [-0.25, -0.2) is 4.79 Å². The zero-order valence-electron chi connectivity index (χ0n) is 15.3. The SMILES string of the molecule is CSC(=S)OCc1ccc(C2CCN(C(=O)OC(C)(C)C)CC2)cn1. The lowest BCUT2D eigenvalue weighted by Crippen LogP contribution is -2.41. The second-order valence-corrected chi connectivity index (χ2v) is 8.48. The fourth-order valence-electron chi connectivity index (χ4n) is 2.68. The fraction of sp³-hybridized carbons (Fsp3) is 0.611. The number of nitrogens with zero attached hydrogens (tertiary/aromatic N) is 2. The third-order valence-electron chi connectivity index (χ3n) is 3.97. The second kappa shape index (κ2) is 8.85. The molecule has 1 amide bonds. The van der Waals surface area contributed by atoms with Crippen molar-refractivity contribution in [2.75, 3.05) is 19.3 Å². The standard InChI is InChI=1S/C18H26N2O3S2/c1-18(2,3)23-16(21)20-9-7-13(8-10-20)14-5-6-15(19-11-14)12-22-17(24)25-4/h5-6,11,13H,7-10,12H2,1-4H3. The number of amides is 1. The van der Waals surface area contributed by atoms with E-state index in [1.165, 1.54) is 17.3 Å². The quantitative estimate of drug-likeness (QED) is 0.724. The molecule has 0 radical (unpaired) electrons. The van der Waals surface area contributed by atoms with Crippen molar-refractivity contribution in [1.29, 1.82) is 0 Å². The zero-order valence-corrected chi connectivity index (χ0v) is 16.9. The first kappa shape index (κ1) is 20.0. The highest BCUT2D eigenvalue weighted by atomic mass is 32.2. The summed E-state index contributed by atoms with van der Waals surface area (Å²) in [5.41, 5.74) is 1.63. The third kappa shape index (κ3) is 6.47. The molecule has 0 N–H and O–H groups in total. The van der Waals surface area contributed by atoms with E-state index in [4.69, 9.17) is 21.7 Å². The monoisotopic (exact) mass is 382 g/mol.